The summed E-state index contributed by atoms with van der Waals surface area (Å²) in [5.41, 5.74) is 3.84. The van der Waals surface area contributed by atoms with Crippen molar-refractivity contribution in [1.29, 1.82) is 0 Å². The van der Waals surface area contributed by atoms with E-state index in [1.165, 1.54) is 12.8 Å². The molecular weight excluding hydrogens is 390 g/mol. The third-order valence-electron chi connectivity index (χ3n) is 6.00. The van der Waals surface area contributed by atoms with Gasteiger partial charge in [0.15, 0.2) is 11.5 Å². The summed E-state index contributed by atoms with van der Waals surface area (Å²) in [5, 5.41) is 23.3. The molecule has 0 saturated carbocycles. The van der Waals surface area contributed by atoms with Crippen LogP contribution in [0.15, 0.2) is 57.1 Å². The van der Waals surface area contributed by atoms with Gasteiger partial charge in [-0.15, -0.1) is 10.2 Å². The maximum absolute atomic E-state index is 10.8. The van der Waals surface area contributed by atoms with E-state index in [4.69, 9.17) is 9.15 Å². The van der Waals surface area contributed by atoms with Gasteiger partial charge in [-0.3, -0.25) is 0 Å². The second-order valence-electron chi connectivity index (χ2n) is 7.95. The first-order chi connectivity index (χ1) is 15.2. The van der Waals surface area contributed by atoms with Crippen molar-refractivity contribution in [1.82, 2.24) is 5.32 Å². The molecule has 3 heterocycles. The highest BCUT2D eigenvalue weighted by atomic mass is 16.5. The van der Waals surface area contributed by atoms with Gasteiger partial charge < -0.3 is 19.6 Å². The zero-order valence-corrected chi connectivity index (χ0v) is 17.5. The van der Waals surface area contributed by atoms with Crippen molar-refractivity contribution >= 4 is 34.5 Å². The van der Waals surface area contributed by atoms with Crippen LogP contribution in [0, 0.1) is 5.92 Å². The standard InChI is InChI=1S/C25H25N3O3/c1-30-22-10-9-19-24(29)23(15-21-17-6-2-3-8-20(17)27-28-21)31-25(19)18(22)7-4-5-16-11-13-26-14-12-16/h2-4,6-10,15-16,26,29H,5,11-14H2,1H3/b7-4-,21-15?. The lowest BCUT2D eigenvalue weighted by Crippen LogP contribution is -2.27. The molecule has 2 N–H and O–H groups in total. The van der Waals surface area contributed by atoms with Crippen LogP contribution < -0.4 is 10.1 Å². The van der Waals surface area contributed by atoms with Crippen molar-refractivity contribution in [2.75, 3.05) is 20.2 Å². The van der Waals surface area contributed by atoms with Crippen molar-refractivity contribution in [2.45, 2.75) is 19.3 Å². The van der Waals surface area contributed by atoms with Gasteiger partial charge in [0, 0.05) is 11.6 Å². The zero-order valence-electron chi connectivity index (χ0n) is 17.5. The Hall–Kier alpha value is -3.38. The summed E-state index contributed by atoms with van der Waals surface area (Å²) in [7, 11) is 1.65. The number of furan rings is 1. The fourth-order valence-corrected chi connectivity index (χ4v) is 4.27. The van der Waals surface area contributed by atoms with E-state index in [1.54, 1.807) is 13.2 Å². The summed E-state index contributed by atoms with van der Waals surface area (Å²) >= 11 is 0. The van der Waals surface area contributed by atoms with Crippen LogP contribution in [0.3, 0.4) is 0 Å². The molecule has 5 rings (SSSR count). The van der Waals surface area contributed by atoms with Crippen LogP contribution in [-0.4, -0.2) is 25.3 Å². The Balaban J connectivity index is 1.51. The van der Waals surface area contributed by atoms with Crippen LogP contribution in [0.4, 0.5) is 5.69 Å². The van der Waals surface area contributed by atoms with Crippen LogP contribution in [-0.2, 0) is 0 Å². The molecule has 31 heavy (non-hydrogen) atoms. The number of azo groups is 1. The average molecular weight is 415 g/mol. The molecule has 0 spiro atoms. The summed E-state index contributed by atoms with van der Waals surface area (Å²) in [5.74, 6) is 1.87. The molecule has 0 unspecified atom stereocenters. The molecule has 0 atom stereocenters. The fourth-order valence-electron chi connectivity index (χ4n) is 4.27. The third kappa shape index (κ3) is 3.75. The number of aromatic hydroxyl groups is 1. The number of methoxy groups -OCH3 is 1. The summed E-state index contributed by atoms with van der Waals surface area (Å²) in [4.78, 5) is 0. The molecule has 2 aliphatic rings. The topological polar surface area (TPSA) is 79.3 Å². The SMILES string of the molecule is COc1ccc2c(O)c(C=C3N=Nc4ccccc43)oc2c1/C=C\CC1CCNCC1. The van der Waals surface area contributed by atoms with Crippen molar-refractivity contribution in [3.05, 3.63) is 59.4 Å². The molecule has 2 aromatic carbocycles. The summed E-state index contributed by atoms with van der Waals surface area (Å²) in [6, 6.07) is 11.4. The Bertz CT molecular complexity index is 1200. The number of hydrogen-bond acceptors (Lipinski definition) is 6. The predicted octanol–water partition coefficient (Wildman–Crippen LogP) is 6.15. The molecular formula is C25H25N3O3. The van der Waals surface area contributed by atoms with Gasteiger partial charge in [-0.1, -0.05) is 30.4 Å². The van der Waals surface area contributed by atoms with E-state index < -0.39 is 0 Å². The van der Waals surface area contributed by atoms with Crippen LogP contribution >= 0.6 is 0 Å². The number of nitrogens with one attached hydrogen (secondary N) is 1. The van der Waals surface area contributed by atoms with E-state index in [0.29, 0.717) is 34.1 Å². The maximum atomic E-state index is 10.8. The summed E-state index contributed by atoms with van der Waals surface area (Å²) in [6.45, 7) is 2.17. The molecule has 1 saturated heterocycles. The Morgan fingerprint density at radius 1 is 1.16 bits per heavy atom. The largest absolute Gasteiger partial charge is 0.504 e. The highest BCUT2D eigenvalue weighted by Gasteiger charge is 2.20. The van der Waals surface area contributed by atoms with Gasteiger partial charge in [0.2, 0.25) is 0 Å². The fraction of sp³-hybridized carbons (Fsp3) is 0.280. The molecule has 0 bridgehead atoms. The van der Waals surface area contributed by atoms with Gasteiger partial charge in [-0.25, -0.2) is 0 Å². The van der Waals surface area contributed by atoms with Gasteiger partial charge in [0.05, 0.1) is 29.4 Å². The molecule has 6 nitrogen and oxygen atoms in total. The first-order valence-corrected chi connectivity index (χ1v) is 10.7. The minimum atomic E-state index is 0.0951. The average Bonchev–Trinajstić information content (AvgIpc) is 3.36. The Morgan fingerprint density at radius 3 is 2.84 bits per heavy atom. The zero-order chi connectivity index (χ0) is 21.2. The highest BCUT2D eigenvalue weighted by molar-refractivity contribution is 5.97. The van der Waals surface area contributed by atoms with Gasteiger partial charge in [-0.05, 0) is 56.5 Å². The van der Waals surface area contributed by atoms with Crippen molar-refractivity contribution in [2.24, 2.45) is 16.1 Å². The molecule has 158 valence electrons. The van der Waals surface area contributed by atoms with E-state index in [1.807, 2.05) is 42.5 Å². The first-order valence-electron chi connectivity index (χ1n) is 10.7. The van der Waals surface area contributed by atoms with E-state index >= 15 is 0 Å². The summed E-state index contributed by atoms with van der Waals surface area (Å²) < 4.78 is 11.7. The minimum Gasteiger partial charge on any atom is -0.504 e. The lowest BCUT2D eigenvalue weighted by Gasteiger charge is -2.20. The van der Waals surface area contributed by atoms with Gasteiger partial charge in [0.1, 0.15) is 11.3 Å². The predicted molar refractivity (Wildman–Crippen MR) is 123 cm³/mol. The second-order valence-corrected chi connectivity index (χ2v) is 7.95. The molecule has 0 aliphatic carbocycles. The van der Waals surface area contributed by atoms with Crippen LogP contribution in [0.1, 0.15) is 36.1 Å². The van der Waals surface area contributed by atoms with Crippen LogP contribution in [0.2, 0.25) is 0 Å². The molecule has 2 aliphatic heterocycles. The molecule has 0 radical (unpaired) electrons. The van der Waals surface area contributed by atoms with Crippen molar-refractivity contribution in [3.8, 4) is 11.5 Å². The number of fused-ring (bicyclic) bond motifs is 2. The van der Waals surface area contributed by atoms with Crippen LogP contribution in [0.5, 0.6) is 11.5 Å². The molecule has 6 heteroatoms. The third-order valence-corrected chi connectivity index (χ3v) is 6.00. The first kappa shape index (κ1) is 19.6. The Morgan fingerprint density at radius 2 is 2.00 bits per heavy atom. The summed E-state index contributed by atoms with van der Waals surface area (Å²) in [6.07, 6.45) is 9.38. The van der Waals surface area contributed by atoms with Crippen molar-refractivity contribution in [3.63, 3.8) is 0 Å². The molecule has 1 fully saturated rings. The smallest absolute Gasteiger partial charge is 0.172 e. The van der Waals surface area contributed by atoms with E-state index in [9.17, 15) is 5.11 Å². The monoisotopic (exact) mass is 415 g/mol. The number of piperidine rings is 1. The van der Waals surface area contributed by atoms with Gasteiger partial charge >= 0.3 is 0 Å². The number of benzene rings is 2. The van der Waals surface area contributed by atoms with E-state index in [0.717, 1.165) is 36.3 Å². The Kier molecular flexibility index (Phi) is 5.30. The second kappa shape index (κ2) is 8.40. The lowest BCUT2D eigenvalue weighted by atomic mass is 9.94. The number of allylic oxidation sites excluding steroid dienone is 1. The van der Waals surface area contributed by atoms with Crippen molar-refractivity contribution < 1.29 is 14.3 Å². The maximum Gasteiger partial charge on any atom is 0.172 e. The molecule has 3 aromatic rings. The lowest BCUT2D eigenvalue weighted by molar-refractivity contribution is 0.378. The highest BCUT2D eigenvalue weighted by Crippen LogP contribution is 2.42. The number of ether oxygens (including phenoxy) is 1. The minimum absolute atomic E-state index is 0.0951. The Labute approximate surface area is 180 Å². The number of rotatable bonds is 5. The van der Waals surface area contributed by atoms with Gasteiger partial charge in [-0.2, -0.15) is 0 Å². The van der Waals surface area contributed by atoms with E-state index in [2.05, 4.69) is 21.6 Å². The number of nitrogens with zero attached hydrogens (tertiary/aromatic N) is 2. The van der Waals surface area contributed by atoms with Gasteiger partial charge in [0.25, 0.3) is 0 Å². The van der Waals surface area contributed by atoms with Crippen LogP contribution in [0.25, 0.3) is 28.8 Å². The molecule has 1 aromatic heterocycles. The molecule has 0 amide bonds. The normalized spacial score (nSPS) is 17.8. The quantitative estimate of drug-likeness (QED) is 0.524. The van der Waals surface area contributed by atoms with E-state index in [-0.39, 0.29) is 5.75 Å². The number of hydrogen-bond donors (Lipinski definition) is 2.